The van der Waals surface area contributed by atoms with Gasteiger partial charge in [0.05, 0.1) is 33.2 Å². The van der Waals surface area contributed by atoms with E-state index >= 15 is 0 Å². The fourth-order valence-electron chi connectivity index (χ4n) is 2.39. The summed E-state index contributed by atoms with van der Waals surface area (Å²) in [6.07, 6.45) is 1.70. The minimum Gasteiger partial charge on any atom is -0.497 e. The van der Waals surface area contributed by atoms with Gasteiger partial charge in [0.2, 0.25) is 5.13 Å². The largest absolute Gasteiger partial charge is 0.497 e. The van der Waals surface area contributed by atoms with Gasteiger partial charge in [-0.25, -0.2) is 4.98 Å². The van der Waals surface area contributed by atoms with E-state index in [4.69, 9.17) is 14.2 Å². The molecule has 0 saturated heterocycles. The Balaban J connectivity index is 1.75. The monoisotopic (exact) mass is 369 g/mol. The predicted octanol–water partition coefficient (Wildman–Crippen LogP) is 4.28. The van der Waals surface area contributed by atoms with Crippen molar-refractivity contribution in [1.29, 1.82) is 0 Å². The van der Waals surface area contributed by atoms with E-state index in [1.807, 2.05) is 47.8 Å². The molecule has 0 unspecified atom stereocenters. The molecule has 1 N–H and O–H groups in total. The SMILES string of the molecule is COc1ccc(-c2csc(N/N=C\c3ccccc3OC)n2)c(OC)c1. The molecule has 0 spiro atoms. The number of aromatic nitrogens is 1. The van der Waals surface area contributed by atoms with E-state index in [-0.39, 0.29) is 0 Å². The number of nitrogens with zero attached hydrogens (tertiary/aromatic N) is 2. The van der Waals surface area contributed by atoms with Crippen molar-refractivity contribution in [3.8, 4) is 28.5 Å². The zero-order chi connectivity index (χ0) is 18.4. The quantitative estimate of drug-likeness (QED) is 0.497. The number of methoxy groups -OCH3 is 3. The zero-order valence-corrected chi connectivity index (χ0v) is 15.5. The van der Waals surface area contributed by atoms with Crippen LogP contribution in [0.2, 0.25) is 0 Å². The van der Waals surface area contributed by atoms with Crippen LogP contribution in [0.25, 0.3) is 11.3 Å². The van der Waals surface area contributed by atoms with Gasteiger partial charge in [0, 0.05) is 22.6 Å². The molecule has 0 aliphatic heterocycles. The van der Waals surface area contributed by atoms with Gasteiger partial charge in [-0.3, -0.25) is 5.43 Å². The summed E-state index contributed by atoms with van der Waals surface area (Å²) in [4.78, 5) is 4.56. The molecular weight excluding hydrogens is 350 g/mol. The molecule has 0 bridgehead atoms. The highest BCUT2D eigenvalue weighted by molar-refractivity contribution is 7.14. The fourth-order valence-corrected chi connectivity index (χ4v) is 3.05. The molecule has 3 rings (SSSR count). The Hall–Kier alpha value is -3.06. The lowest BCUT2D eigenvalue weighted by Gasteiger charge is -2.08. The van der Waals surface area contributed by atoms with E-state index < -0.39 is 0 Å². The molecule has 1 heterocycles. The van der Waals surface area contributed by atoms with E-state index in [1.165, 1.54) is 11.3 Å². The summed E-state index contributed by atoms with van der Waals surface area (Å²) in [5.74, 6) is 2.21. The third kappa shape index (κ3) is 3.94. The minimum absolute atomic E-state index is 0.684. The molecule has 0 aliphatic rings. The molecule has 0 atom stereocenters. The van der Waals surface area contributed by atoms with E-state index in [0.29, 0.717) is 10.9 Å². The predicted molar refractivity (Wildman–Crippen MR) is 105 cm³/mol. The number of anilines is 1. The van der Waals surface area contributed by atoms with Crippen molar-refractivity contribution in [2.45, 2.75) is 0 Å². The summed E-state index contributed by atoms with van der Waals surface area (Å²) >= 11 is 1.46. The Morgan fingerprint density at radius 3 is 2.58 bits per heavy atom. The molecular formula is C19H19N3O3S. The van der Waals surface area contributed by atoms with E-state index in [1.54, 1.807) is 27.5 Å². The molecule has 0 aliphatic carbocycles. The highest BCUT2D eigenvalue weighted by Crippen LogP contribution is 2.34. The van der Waals surface area contributed by atoms with Gasteiger partial charge in [-0.15, -0.1) is 11.3 Å². The lowest BCUT2D eigenvalue weighted by atomic mass is 10.1. The Bertz CT molecular complexity index is 909. The van der Waals surface area contributed by atoms with Crippen molar-refractivity contribution in [3.63, 3.8) is 0 Å². The number of hydrogen-bond acceptors (Lipinski definition) is 7. The third-order valence-corrected chi connectivity index (χ3v) is 4.44. The van der Waals surface area contributed by atoms with Crippen molar-refractivity contribution in [2.75, 3.05) is 26.8 Å². The Labute approximate surface area is 156 Å². The van der Waals surface area contributed by atoms with Crippen molar-refractivity contribution < 1.29 is 14.2 Å². The van der Waals surface area contributed by atoms with Crippen LogP contribution in [0.5, 0.6) is 17.2 Å². The zero-order valence-electron chi connectivity index (χ0n) is 14.7. The standard InChI is InChI=1S/C19H19N3O3S/c1-23-14-8-9-15(18(10-14)25-3)16-12-26-19(21-16)22-20-11-13-6-4-5-7-17(13)24-2/h4-12H,1-3H3,(H,21,22)/b20-11-. The number of thiazole rings is 1. The van der Waals surface area contributed by atoms with Crippen molar-refractivity contribution in [2.24, 2.45) is 5.10 Å². The van der Waals surface area contributed by atoms with Gasteiger partial charge in [-0.2, -0.15) is 5.10 Å². The lowest BCUT2D eigenvalue weighted by Crippen LogP contribution is -1.94. The first-order valence-corrected chi connectivity index (χ1v) is 8.73. The molecule has 6 nitrogen and oxygen atoms in total. The van der Waals surface area contributed by atoms with Crippen molar-refractivity contribution in [1.82, 2.24) is 4.98 Å². The van der Waals surface area contributed by atoms with Gasteiger partial charge in [0.15, 0.2) is 0 Å². The number of nitrogens with one attached hydrogen (secondary N) is 1. The van der Waals surface area contributed by atoms with E-state index in [0.717, 1.165) is 28.3 Å². The average Bonchev–Trinajstić information content (AvgIpc) is 3.16. The van der Waals surface area contributed by atoms with Crippen LogP contribution in [0.3, 0.4) is 0 Å². The maximum absolute atomic E-state index is 5.44. The lowest BCUT2D eigenvalue weighted by molar-refractivity contribution is 0.395. The number of ether oxygens (including phenoxy) is 3. The van der Waals surface area contributed by atoms with E-state index in [2.05, 4.69) is 15.5 Å². The topological polar surface area (TPSA) is 65.0 Å². The number of hydrogen-bond donors (Lipinski definition) is 1. The Morgan fingerprint density at radius 2 is 1.81 bits per heavy atom. The molecule has 0 saturated carbocycles. The van der Waals surface area contributed by atoms with Crippen LogP contribution in [0.4, 0.5) is 5.13 Å². The van der Waals surface area contributed by atoms with E-state index in [9.17, 15) is 0 Å². The second-order valence-corrected chi connectivity index (χ2v) is 6.07. The van der Waals surface area contributed by atoms with Gasteiger partial charge in [-0.1, -0.05) is 12.1 Å². The number of hydrazone groups is 1. The van der Waals surface area contributed by atoms with Gasteiger partial charge < -0.3 is 14.2 Å². The summed E-state index contributed by atoms with van der Waals surface area (Å²) in [6.45, 7) is 0. The molecule has 7 heteroatoms. The Kier molecular flexibility index (Phi) is 5.70. The first-order chi connectivity index (χ1) is 12.7. The third-order valence-electron chi connectivity index (χ3n) is 3.69. The first-order valence-electron chi connectivity index (χ1n) is 7.85. The highest BCUT2D eigenvalue weighted by Gasteiger charge is 2.11. The van der Waals surface area contributed by atoms with Gasteiger partial charge in [0.25, 0.3) is 0 Å². The normalized spacial score (nSPS) is 10.7. The summed E-state index contributed by atoms with van der Waals surface area (Å²) in [6, 6.07) is 13.3. The Morgan fingerprint density at radius 1 is 1.00 bits per heavy atom. The molecule has 3 aromatic rings. The summed E-state index contributed by atoms with van der Waals surface area (Å²) in [5.41, 5.74) is 5.54. The molecule has 2 aromatic carbocycles. The van der Waals surface area contributed by atoms with Crippen molar-refractivity contribution >= 4 is 22.7 Å². The van der Waals surface area contributed by atoms with Gasteiger partial charge in [-0.05, 0) is 24.3 Å². The van der Waals surface area contributed by atoms with Crippen LogP contribution in [0.1, 0.15) is 5.56 Å². The minimum atomic E-state index is 0.684. The number of para-hydroxylation sites is 1. The van der Waals surface area contributed by atoms with Crippen LogP contribution >= 0.6 is 11.3 Å². The fraction of sp³-hybridized carbons (Fsp3) is 0.158. The van der Waals surface area contributed by atoms with Crippen molar-refractivity contribution in [3.05, 3.63) is 53.4 Å². The summed E-state index contributed by atoms with van der Waals surface area (Å²) < 4.78 is 16.0. The molecule has 0 amide bonds. The number of benzene rings is 2. The second-order valence-electron chi connectivity index (χ2n) is 5.22. The van der Waals surface area contributed by atoms with Crippen LogP contribution in [-0.2, 0) is 0 Å². The maximum Gasteiger partial charge on any atom is 0.203 e. The number of rotatable bonds is 7. The highest BCUT2D eigenvalue weighted by atomic mass is 32.1. The first kappa shape index (κ1) is 17.8. The van der Waals surface area contributed by atoms with Gasteiger partial charge >= 0.3 is 0 Å². The second kappa shape index (κ2) is 8.35. The smallest absolute Gasteiger partial charge is 0.203 e. The molecule has 0 fully saturated rings. The van der Waals surface area contributed by atoms with Crippen LogP contribution in [-0.4, -0.2) is 32.5 Å². The molecule has 134 valence electrons. The molecule has 0 radical (unpaired) electrons. The summed E-state index contributed by atoms with van der Waals surface area (Å²) in [5, 5.41) is 6.87. The average molecular weight is 369 g/mol. The van der Waals surface area contributed by atoms with Crippen LogP contribution < -0.4 is 19.6 Å². The molecule has 26 heavy (non-hydrogen) atoms. The molecule has 1 aromatic heterocycles. The summed E-state index contributed by atoms with van der Waals surface area (Å²) in [7, 11) is 4.88. The maximum atomic E-state index is 5.44. The van der Waals surface area contributed by atoms with Crippen LogP contribution in [0.15, 0.2) is 52.9 Å². The van der Waals surface area contributed by atoms with Gasteiger partial charge in [0.1, 0.15) is 17.2 Å². The van der Waals surface area contributed by atoms with Crippen LogP contribution in [0, 0.1) is 0 Å².